The van der Waals surface area contributed by atoms with Crippen LogP contribution in [-0.2, 0) is 7.05 Å². The minimum atomic E-state index is -0.0156. The Balaban J connectivity index is 2.09. The van der Waals surface area contributed by atoms with Gasteiger partial charge < -0.3 is 0 Å². The number of aryl methyl sites for hydroxylation is 2. The molecule has 0 aliphatic rings. The Morgan fingerprint density at radius 2 is 2.11 bits per heavy atom. The lowest BCUT2D eigenvalue weighted by molar-refractivity contribution is 0.103. The number of rotatable bonds is 2. The van der Waals surface area contributed by atoms with Crippen LogP contribution in [-0.4, -0.2) is 20.5 Å². The van der Waals surface area contributed by atoms with Crippen LogP contribution in [0.2, 0.25) is 0 Å². The highest BCUT2D eigenvalue weighted by Gasteiger charge is 2.15. The summed E-state index contributed by atoms with van der Waals surface area (Å²) < 4.78 is 1.65. The van der Waals surface area contributed by atoms with Crippen LogP contribution >= 0.6 is 0 Å². The first-order valence-corrected chi connectivity index (χ1v) is 6.05. The van der Waals surface area contributed by atoms with Crippen molar-refractivity contribution in [3.05, 3.63) is 59.5 Å². The van der Waals surface area contributed by atoms with Gasteiger partial charge in [-0.05, 0) is 19.1 Å². The summed E-state index contributed by atoms with van der Waals surface area (Å²) >= 11 is 0. The molecule has 94 valence electrons. The van der Waals surface area contributed by atoms with Crippen molar-refractivity contribution >= 4 is 16.7 Å². The van der Waals surface area contributed by atoms with Crippen LogP contribution in [0.1, 0.15) is 21.6 Å². The number of ketones is 1. The first-order chi connectivity index (χ1) is 9.15. The molecule has 0 saturated carbocycles. The number of pyridine rings is 1. The molecule has 4 nitrogen and oxygen atoms in total. The zero-order chi connectivity index (χ0) is 13.4. The molecule has 0 N–H and O–H groups in total. The van der Waals surface area contributed by atoms with E-state index in [1.54, 1.807) is 17.1 Å². The molecule has 0 saturated heterocycles. The minimum absolute atomic E-state index is 0.0156. The molecule has 0 bridgehead atoms. The van der Waals surface area contributed by atoms with Crippen LogP contribution in [0.4, 0.5) is 0 Å². The minimum Gasteiger partial charge on any atom is -0.288 e. The fourth-order valence-electron chi connectivity index (χ4n) is 2.19. The predicted octanol–water partition coefficient (Wildman–Crippen LogP) is 2.51. The summed E-state index contributed by atoms with van der Waals surface area (Å²) in [6.07, 6.45) is 3.48. The fraction of sp³-hybridized carbons (Fsp3) is 0.133. The second kappa shape index (κ2) is 4.31. The Hall–Kier alpha value is -2.49. The van der Waals surface area contributed by atoms with E-state index in [-0.39, 0.29) is 5.78 Å². The molecule has 1 aromatic carbocycles. The van der Waals surface area contributed by atoms with Gasteiger partial charge in [0.2, 0.25) is 0 Å². The van der Waals surface area contributed by atoms with Crippen molar-refractivity contribution in [3.8, 4) is 0 Å². The summed E-state index contributed by atoms with van der Waals surface area (Å²) in [6.45, 7) is 1.84. The van der Waals surface area contributed by atoms with E-state index in [1.807, 2.05) is 44.3 Å². The Kier molecular flexibility index (Phi) is 2.63. The van der Waals surface area contributed by atoms with Gasteiger partial charge in [0.05, 0.1) is 16.8 Å². The summed E-state index contributed by atoms with van der Waals surface area (Å²) in [5.74, 6) is -0.0156. The number of aromatic nitrogens is 3. The van der Waals surface area contributed by atoms with Crippen molar-refractivity contribution in [2.45, 2.75) is 6.92 Å². The zero-order valence-corrected chi connectivity index (χ0v) is 10.8. The van der Waals surface area contributed by atoms with Gasteiger partial charge in [-0.3, -0.25) is 14.5 Å². The molecule has 0 amide bonds. The van der Waals surface area contributed by atoms with Gasteiger partial charge in [-0.1, -0.05) is 18.2 Å². The van der Waals surface area contributed by atoms with Gasteiger partial charge in [0.15, 0.2) is 5.78 Å². The number of hydrogen-bond acceptors (Lipinski definition) is 3. The van der Waals surface area contributed by atoms with Crippen molar-refractivity contribution in [3.63, 3.8) is 0 Å². The molecule has 2 heterocycles. The third kappa shape index (κ3) is 2.01. The van der Waals surface area contributed by atoms with Crippen molar-refractivity contribution in [1.29, 1.82) is 0 Å². The Labute approximate surface area is 110 Å². The number of fused-ring (bicyclic) bond motifs is 1. The highest BCUT2D eigenvalue weighted by Crippen LogP contribution is 2.17. The Bertz CT molecular complexity index is 774. The maximum Gasteiger partial charge on any atom is 0.196 e. The standard InChI is InChI=1S/C15H13N3O/c1-10-13(9-18(2)17-10)15(19)12-6-5-11-4-3-7-16-14(11)8-12/h3-9H,1-2H3. The monoisotopic (exact) mass is 251 g/mol. The van der Waals surface area contributed by atoms with E-state index < -0.39 is 0 Å². The van der Waals surface area contributed by atoms with E-state index in [1.165, 1.54) is 0 Å². The largest absolute Gasteiger partial charge is 0.288 e. The molecule has 0 atom stereocenters. The molecule has 19 heavy (non-hydrogen) atoms. The molecule has 0 unspecified atom stereocenters. The van der Waals surface area contributed by atoms with E-state index in [0.29, 0.717) is 11.1 Å². The van der Waals surface area contributed by atoms with Gasteiger partial charge in [0.1, 0.15) is 0 Å². The topological polar surface area (TPSA) is 47.8 Å². The molecular weight excluding hydrogens is 238 g/mol. The van der Waals surface area contributed by atoms with Crippen molar-refractivity contribution in [1.82, 2.24) is 14.8 Å². The van der Waals surface area contributed by atoms with E-state index in [0.717, 1.165) is 16.6 Å². The third-order valence-electron chi connectivity index (χ3n) is 3.13. The van der Waals surface area contributed by atoms with Gasteiger partial charge in [-0.2, -0.15) is 5.10 Å². The summed E-state index contributed by atoms with van der Waals surface area (Å²) in [7, 11) is 1.81. The van der Waals surface area contributed by atoms with Gasteiger partial charge in [-0.25, -0.2) is 0 Å². The second-order valence-electron chi connectivity index (χ2n) is 4.54. The first kappa shape index (κ1) is 11.6. The smallest absolute Gasteiger partial charge is 0.196 e. The van der Waals surface area contributed by atoms with Crippen LogP contribution in [0.25, 0.3) is 10.9 Å². The molecule has 0 radical (unpaired) electrons. The van der Waals surface area contributed by atoms with E-state index >= 15 is 0 Å². The normalized spacial score (nSPS) is 10.8. The van der Waals surface area contributed by atoms with E-state index in [4.69, 9.17) is 0 Å². The highest BCUT2D eigenvalue weighted by atomic mass is 16.1. The number of nitrogens with zero attached hydrogens (tertiary/aromatic N) is 3. The molecular formula is C15H13N3O. The number of benzene rings is 1. The van der Waals surface area contributed by atoms with E-state index in [9.17, 15) is 4.79 Å². The second-order valence-corrected chi connectivity index (χ2v) is 4.54. The van der Waals surface area contributed by atoms with Crippen LogP contribution in [0.3, 0.4) is 0 Å². The lowest BCUT2D eigenvalue weighted by Gasteiger charge is -2.01. The summed E-state index contributed by atoms with van der Waals surface area (Å²) in [5, 5.41) is 5.23. The van der Waals surface area contributed by atoms with Gasteiger partial charge >= 0.3 is 0 Å². The first-order valence-electron chi connectivity index (χ1n) is 6.05. The van der Waals surface area contributed by atoms with Crippen molar-refractivity contribution in [2.24, 2.45) is 7.05 Å². The van der Waals surface area contributed by atoms with Crippen LogP contribution in [0.15, 0.2) is 42.7 Å². The number of hydrogen-bond donors (Lipinski definition) is 0. The maximum atomic E-state index is 12.4. The summed E-state index contributed by atoms with van der Waals surface area (Å²) in [5.41, 5.74) is 2.85. The maximum absolute atomic E-state index is 12.4. The zero-order valence-electron chi connectivity index (χ0n) is 10.8. The average Bonchev–Trinajstić information content (AvgIpc) is 2.76. The lowest BCUT2D eigenvalue weighted by atomic mass is 10.0. The highest BCUT2D eigenvalue weighted by molar-refractivity contribution is 6.10. The molecule has 0 fully saturated rings. The van der Waals surface area contributed by atoms with Crippen LogP contribution < -0.4 is 0 Å². The number of carbonyl (C=O) groups is 1. The molecule has 2 aromatic heterocycles. The van der Waals surface area contributed by atoms with Crippen LogP contribution in [0.5, 0.6) is 0 Å². The number of carbonyl (C=O) groups excluding carboxylic acids is 1. The van der Waals surface area contributed by atoms with Crippen molar-refractivity contribution < 1.29 is 4.79 Å². The van der Waals surface area contributed by atoms with Gasteiger partial charge in [0, 0.05) is 30.4 Å². The van der Waals surface area contributed by atoms with Gasteiger partial charge in [0.25, 0.3) is 0 Å². The molecule has 0 aliphatic heterocycles. The molecule has 0 spiro atoms. The predicted molar refractivity (Wildman–Crippen MR) is 73.1 cm³/mol. The average molecular weight is 251 g/mol. The van der Waals surface area contributed by atoms with E-state index in [2.05, 4.69) is 10.1 Å². The molecule has 4 heteroatoms. The third-order valence-corrected chi connectivity index (χ3v) is 3.13. The quantitative estimate of drug-likeness (QED) is 0.657. The Morgan fingerprint density at radius 1 is 1.26 bits per heavy atom. The lowest BCUT2D eigenvalue weighted by Crippen LogP contribution is -2.02. The van der Waals surface area contributed by atoms with Gasteiger partial charge in [-0.15, -0.1) is 0 Å². The summed E-state index contributed by atoms with van der Waals surface area (Å²) in [6, 6.07) is 9.44. The fourth-order valence-corrected chi connectivity index (χ4v) is 2.19. The molecule has 3 rings (SSSR count). The summed E-state index contributed by atoms with van der Waals surface area (Å²) in [4.78, 5) is 16.7. The molecule has 0 aliphatic carbocycles. The van der Waals surface area contributed by atoms with Crippen LogP contribution in [0, 0.1) is 6.92 Å². The van der Waals surface area contributed by atoms with Crippen molar-refractivity contribution in [2.75, 3.05) is 0 Å². The SMILES string of the molecule is Cc1nn(C)cc1C(=O)c1ccc2cccnc2c1. The molecule has 3 aromatic rings. The Morgan fingerprint density at radius 3 is 2.84 bits per heavy atom.